The molecule has 1 aliphatic heterocycles. The summed E-state index contributed by atoms with van der Waals surface area (Å²) in [6.07, 6.45) is 8.02. The molecule has 3 aromatic heterocycles. The predicted octanol–water partition coefficient (Wildman–Crippen LogP) is 2.95. The Hall–Kier alpha value is -2.34. The second kappa shape index (κ2) is 6.52. The van der Waals surface area contributed by atoms with Crippen molar-refractivity contribution >= 4 is 23.3 Å². The molecule has 0 unspecified atom stereocenters. The van der Waals surface area contributed by atoms with Crippen molar-refractivity contribution in [2.45, 2.75) is 18.9 Å². The van der Waals surface area contributed by atoms with Crippen LogP contribution in [-0.2, 0) is 9.72 Å². The van der Waals surface area contributed by atoms with Gasteiger partial charge in [-0.2, -0.15) is 10.4 Å². The van der Waals surface area contributed by atoms with Crippen molar-refractivity contribution in [1.29, 1.82) is 5.26 Å². The van der Waals surface area contributed by atoms with Gasteiger partial charge in [0.1, 0.15) is 11.2 Å². The van der Waals surface area contributed by atoms with Crippen LogP contribution in [0.5, 0.6) is 0 Å². The molecule has 1 N–H and O–H groups in total. The van der Waals surface area contributed by atoms with Gasteiger partial charge in [-0.25, -0.2) is 9.29 Å². The molecule has 4 heterocycles. The largest absolute Gasteiger partial charge is 0.346 e. The Morgan fingerprint density at radius 1 is 1.48 bits per heavy atom. The Bertz CT molecular complexity index is 921. The van der Waals surface area contributed by atoms with E-state index in [-0.39, 0.29) is 5.54 Å². The average molecular weight is 354 g/mol. The molecule has 128 valence electrons. The number of aromatic amines is 1. The van der Waals surface area contributed by atoms with Gasteiger partial charge in [-0.05, 0) is 19.1 Å². The molecule has 0 atom stereocenters. The number of nitrogens with one attached hydrogen (secondary N) is 1. The maximum absolute atomic E-state index is 9.26. The molecule has 0 saturated carbocycles. The maximum Gasteiger partial charge on any atom is 0.137 e. The Labute approximate surface area is 149 Å². The SMILES string of the molecule is CCOSN1CC(CC#N)(n2cc(-c3c[nH]c4ncccc34)cn2)C1. The van der Waals surface area contributed by atoms with Crippen LogP contribution in [0.4, 0.5) is 0 Å². The van der Waals surface area contributed by atoms with Crippen molar-refractivity contribution in [1.82, 2.24) is 24.1 Å². The van der Waals surface area contributed by atoms with Crippen LogP contribution in [0.3, 0.4) is 0 Å². The lowest BCUT2D eigenvalue weighted by Gasteiger charge is -2.47. The number of pyridine rings is 1. The fraction of sp³-hybridized carbons (Fsp3) is 0.353. The van der Waals surface area contributed by atoms with E-state index in [1.54, 1.807) is 6.20 Å². The Kier molecular flexibility index (Phi) is 4.21. The van der Waals surface area contributed by atoms with Gasteiger partial charge in [0.25, 0.3) is 0 Å². The van der Waals surface area contributed by atoms with Crippen molar-refractivity contribution in [3.8, 4) is 17.2 Å². The highest BCUT2D eigenvalue weighted by atomic mass is 32.2. The number of aromatic nitrogens is 4. The fourth-order valence-corrected chi connectivity index (χ4v) is 4.03. The number of hydrogen-bond donors (Lipinski definition) is 1. The van der Waals surface area contributed by atoms with E-state index in [9.17, 15) is 5.26 Å². The van der Waals surface area contributed by atoms with E-state index in [0.717, 1.165) is 35.2 Å². The van der Waals surface area contributed by atoms with Crippen molar-refractivity contribution in [3.05, 3.63) is 36.9 Å². The van der Waals surface area contributed by atoms with Crippen LogP contribution >= 0.6 is 12.2 Å². The second-order valence-corrected chi connectivity index (χ2v) is 7.01. The van der Waals surface area contributed by atoms with Crippen molar-refractivity contribution < 1.29 is 4.18 Å². The predicted molar refractivity (Wildman–Crippen MR) is 96.3 cm³/mol. The molecule has 0 bridgehead atoms. The first kappa shape index (κ1) is 16.1. The average Bonchev–Trinajstić information content (AvgIpc) is 3.23. The maximum atomic E-state index is 9.26. The summed E-state index contributed by atoms with van der Waals surface area (Å²) in [5.74, 6) is 0. The first-order valence-corrected chi connectivity index (χ1v) is 8.85. The van der Waals surface area contributed by atoms with Gasteiger partial charge in [-0.15, -0.1) is 0 Å². The molecule has 1 aliphatic rings. The third-order valence-electron chi connectivity index (χ3n) is 4.46. The number of nitriles is 1. The summed E-state index contributed by atoms with van der Waals surface area (Å²) in [7, 11) is 0. The van der Waals surface area contributed by atoms with Crippen LogP contribution in [0.25, 0.3) is 22.2 Å². The Balaban J connectivity index is 1.61. The summed E-state index contributed by atoms with van der Waals surface area (Å²) < 4.78 is 9.42. The molecule has 25 heavy (non-hydrogen) atoms. The zero-order chi connectivity index (χ0) is 17.3. The van der Waals surface area contributed by atoms with E-state index in [2.05, 4.69) is 25.4 Å². The number of hydrogen-bond acceptors (Lipinski definition) is 6. The van der Waals surface area contributed by atoms with Crippen LogP contribution in [0, 0.1) is 11.3 Å². The van der Waals surface area contributed by atoms with Gasteiger partial charge < -0.3 is 9.17 Å². The fourth-order valence-electron chi connectivity index (χ4n) is 3.19. The van der Waals surface area contributed by atoms with Gasteiger partial charge >= 0.3 is 0 Å². The van der Waals surface area contributed by atoms with Crippen LogP contribution in [0.2, 0.25) is 0 Å². The third-order valence-corrected chi connectivity index (χ3v) is 5.27. The zero-order valence-corrected chi connectivity index (χ0v) is 14.7. The van der Waals surface area contributed by atoms with Gasteiger partial charge in [0.15, 0.2) is 0 Å². The minimum absolute atomic E-state index is 0.290. The van der Waals surface area contributed by atoms with Gasteiger partial charge in [-0.3, -0.25) is 4.68 Å². The van der Waals surface area contributed by atoms with Crippen LogP contribution in [0.15, 0.2) is 36.9 Å². The van der Waals surface area contributed by atoms with Crippen molar-refractivity contribution in [3.63, 3.8) is 0 Å². The molecular weight excluding hydrogens is 336 g/mol. The molecule has 3 aromatic rings. The number of rotatable bonds is 6. The van der Waals surface area contributed by atoms with E-state index < -0.39 is 0 Å². The minimum atomic E-state index is -0.290. The number of fused-ring (bicyclic) bond motifs is 1. The van der Waals surface area contributed by atoms with E-state index in [1.807, 2.05) is 42.3 Å². The molecule has 4 rings (SSSR count). The summed E-state index contributed by atoms with van der Waals surface area (Å²) in [6, 6.07) is 6.27. The van der Waals surface area contributed by atoms with Crippen LogP contribution < -0.4 is 0 Å². The number of H-pyrrole nitrogens is 1. The van der Waals surface area contributed by atoms with Crippen LogP contribution in [0.1, 0.15) is 13.3 Å². The lowest BCUT2D eigenvalue weighted by atomic mass is 9.89. The second-order valence-electron chi connectivity index (χ2n) is 6.11. The first-order chi connectivity index (χ1) is 12.3. The molecule has 7 nitrogen and oxygen atoms in total. The lowest BCUT2D eigenvalue weighted by Crippen LogP contribution is -2.60. The quantitative estimate of drug-likeness (QED) is 0.541. The molecule has 1 saturated heterocycles. The molecule has 0 amide bonds. The smallest absolute Gasteiger partial charge is 0.137 e. The van der Waals surface area contributed by atoms with Crippen molar-refractivity contribution in [2.75, 3.05) is 19.7 Å². The third kappa shape index (κ3) is 2.80. The molecule has 0 spiro atoms. The highest BCUT2D eigenvalue weighted by Crippen LogP contribution is 2.38. The molecular formula is C17H18N6OS. The Morgan fingerprint density at radius 2 is 2.36 bits per heavy atom. The van der Waals surface area contributed by atoms with E-state index in [4.69, 9.17) is 4.18 Å². The highest BCUT2D eigenvalue weighted by molar-refractivity contribution is 7.92. The molecule has 8 heteroatoms. The summed E-state index contributed by atoms with van der Waals surface area (Å²) in [5, 5.41) is 14.9. The van der Waals surface area contributed by atoms with Gasteiger partial charge in [0.05, 0.1) is 37.5 Å². The van der Waals surface area contributed by atoms with E-state index in [1.165, 1.54) is 12.2 Å². The normalized spacial score (nSPS) is 16.6. The van der Waals surface area contributed by atoms with E-state index in [0.29, 0.717) is 13.0 Å². The van der Waals surface area contributed by atoms with Gasteiger partial charge in [0.2, 0.25) is 0 Å². The zero-order valence-electron chi connectivity index (χ0n) is 13.8. The molecule has 1 fully saturated rings. The summed E-state index contributed by atoms with van der Waals surface area (Å²) in [6.45, 7) is 4.10. The van der Waals surface area contributed by atoms with Gasteiger partial charge in [-0.1, -0.05) is 0 Å². The molecule has 0 aromatic carbocycles. The number of nitrogens with zero attached hydrogens (tertiary/aromatic N) is 5. The van der Waals surface area contributed by atoms with Crippen molar-refractivity contribution in [2.24, 2.45) is 0 Å². The summed E-state index contributed by atoms with van der Waals surface area (Å²) in [4.78, 5) is 7.52. The summed E-state index contributed by atoms with van der Waals surface area (Å²) in [5.41, 5.74) is 2.66. The van der Waals surface area contributed by atoms with Gasteiger partial charge in [0, 0.05) is 48.2 Å². The highest BCUT2D eigenvalue weighted by Gasteiger charge is 2.46. The first-order valence-electron chi connectivity index (χ1n) is 8.15. The molecule has 0 aliphatic carbocycles. The van der Waals surface area contributed by atoms with Crippen LogP contribution in [-0.4, -0.2) is 43.8 Å². The Morgan fingerprint density at radius 3 is 3.16 bits per heavy atom. The topological polar surface area (TPSA) is 82.8 Å². The minimum Gasteiger partial charge on any atom is -0.346 e. The summed E-state index contributed by atoms with van der Waals surface area (Å²) >= 11 is 1.36. The molecule has 0 radical (unpaired) electrons. The standard InChI is InChI=1S/C17H18N6OS/c1-2-24-25-22-11-17(12-22,5-6-18)23-10-13(8-21-23)15-9-20-16-14(15)4-3-7-19-16/h3-4,7-10H,2,5,11-12H2,1H3,(H,19,20). The van der Waals surface area contributed by atoms with E-state index >= 15 is 0 Å². The lowest BCUT2D eigenvalue weighted by molar-refractivity contribution is 0.0742. The monoisotopic (exact) mass is 354 g/mol.